The van der Waals surface area contributed by atoms with Crippen molar-refractivity contribution in [3.05, 3.63) is 42.7 Å². The maximum absolute atomic E-state index is 12.9. The van der Waals surface area contributed by atoms with Crippen molar-refractivity contribution in [1.29, 1.82) is 0 Å². The Morgan fingerprint density at radius 2 is 1.94 bits per heavy atom. The van der Waals surface area contributed by atoms with Gasteiger partial charge in [-0.3, -0.25) is 4.79 Å². The Kier molecular flexibility index (Phi) is 9.01. The number of piperidine rings is 2. The molecular weight excluding hydrogens is 430 g/mol. The van der Waals surface area contributed by atoms with Gasteiger partial charge >= 0.3 is 0 Å². The molecule has 33 heavy (non-hydrogen) atoms. The van der Waals surface area contributed by atoms with Crippen molar-refractivity contribution >= 4 is 23.5 Å². The summed E-state index contributed by atoms with van der Waals surface area (Å²) < 4.78 is 0. The highest BCUT2D eigenvalue weighted by Gasteiger charge is 2.28. The predicted molar refractivity (Wildman–Crippen MR) is 135 cm³/mol. The number of likely N-dealkylation sites (tertiary alicyclic amines) is 1. The van der Waals surface area contributed by atoms with Crippen LogP contribution in [0.25, 0.3) is 0 Å². The van der Waals surface area contributed by atoms with Gasteiger partial charge in [0.2, 0.25) is 5.91 Å². The van der Waals surface area contributed by atoms with Gasteiger partial charge in [0.05, 0.1) is 5.92 Å². The van der Waals surface area contributed by atoms with Crippen LogP contribution in [0.2, 0.25) is 0 Å². The molecule has 3 heterocycles. The molecule has 2 aliphatic heterocycles. The summed E-state index contributed by atoms with van der Waals surface area (Å²) in [6, 6.07) is 11.0. The maximum Gasteiger partial charge on any atom is 0.224 e. The van der Waals surface area contributed by atoms with Gasteiger partial charge in [-0.2, -0.15) is 0 Å². The van der Waals surface area contributed by atoms with Crippen molar-refractivity contribution < 1.29 is 4.79 Å². The van der Waals surface area contributed by atoms with Crippen LogP contribution >= 0.6 is 11.8 Å². The molecule has 2 atom stereocenters. The number of carbonyl (C=O) groups is 1. The minimum absolute atomic E-state index is 0.00806. The lowest BCUT2D eigenvalue weighted by atomic mass is 9.97. The van der Waals surface area contributed by atoms with E-state index in [0.717, 1.165) is 60.7 Å². The summed E-state index contributed by atoms with van der Waals surface area (Å²) in [6.45, 7) is 6.98. The lowest BCUT2D eigenvalue weighted by molar-refractivity contribution is -0.125. The van der Waals surface area contributed by atoms with Crippen LogP contribution in [0.5, 0.6) is 0 Å². The molecule has 2 saturated heterocycles. The fourth-order valence-electron chi connectivity index (χ4n) is 5.05. The van der Waals surface area contributed by atoms with Gasteiger partial charge in [-0.1, -0.05) is 43.3 Å². The Balaban J connectivity index is 1.28. The molecule has 178 valence electrons. The van der Waals surface area contributed by atoms with E-state index in [1.54, 1.807) is 24.2 Å². The minimum Gasteiger partial charge on any atom is -0.356 e. The SMILES string of the molecule is CCC1CCCCN1CCCNC(=O)C1CCCN(c2nccnc2Sc2ccccc2)C1. The van der Waals surface area contributed by atoms with Crippen LogP contribution in [0.15, 0.2) is 52.6 Å². The molecule has 1 N–H and O–H groups in total. The molecule has 2 aromatic rings. The van der Waals surface area contributed by atoms with E-state index in [4.69, 9.17) is 0 Å². The van der Waals surface area contributed by atoms with Gasteiger partial charge in [-0.25, -0.2) is 9.97 Å². The summed E-state index contributed by atoms with van der Waals surface area (Å²) >= 11 is 1.63. The topological polar surface area (TPSA) is 61.4 Å². The normalized spacial score (nSPS) is 21.7. The van der Waals surface area contributed by atoms with E-state index in [1.165, 1.54) is 32.2 Å². The van der Waals surface area contributed by atoms with E-state index < -0.39 is 0 Å². The summed E-state index contributed by atoms with van der Waals surface area (Å²) in [4.78, 5) is 28.2. The highest BCUT2D eigenvalue weighted by atomic mass is 32.2. The van der Waals surface area contributed by atoms with Gasteiger partial charge in [0, 0.05) is 49.5 Å². The van der Waals surface area contributed by atoms with E-state index in [9.17, 15) is 4.79 Å². The summed E-state index contributed by atoms with van der Waals surface area (Å²) in [5.74, 6) is 1.08. The summed E-state index contributed by atoms with van der Waals surface area (Å²) in [7, 11) is 0. The molecule has 2 fully saturated rings. The molecule has 1 amide bonds. The van der Waals surface area contributed by atoms with E-state index >= 15 is 0 Å². The standard InChI is InChI=1S/C26H37N5OS/c1-2-22-11-6-7-17-30(22)19-9-14-28-25(32)21-10-8-18-31(20-21)24-26(29-16-15-27-24)33-23-12-4-3-5-13-23/h3-5,12-13,15-16,21-22H,2,6-11,14,17-20H2,1H3,(H,28,32). The van der Waals surface area contributed by atoms with Crippen LogP contribution in [0.4, 0.5) is 5.82 Å². The first kappa shape index (κ1) is 24.0. The number of hydrogen-bond donors (Lipinski definition) is 1. The second kappa shape index (κ2) is 12.4. The van der Waals surface area contributed by atoms with Gasteiger partial charge in [-0.05, 0) is 57.2 Å². The van der Waals surface area contributed by atoms with Gasteiger partial charge in [-0.15, -0.1) is 0 Å². The van der Waals surface area contributed by atoms with Crippen LogP contribution < -0.4 is 10.2 Å². The maximum atomic E-state index is 12.9. The molecule has 0 aliphatic carbocycles. The molecule has 0 spiro atoms. The fraction of sp³-hybridized carbons (Fsp3) is 0.577. The Morgan fingerprint density at radius 3 is 2.79 bits per heavy atom. The van der Waals surface area contributed by atoms with Crippen molar-refractivity contribution in [2.24, 2.45) is 5.92 Å². The average Bonchev–Trinajstić information content (AvgIpc) is 2.88. The monoisotopic (exact) mass is 467 g/mol. The van der Waals surface area contributed by atoms with Crippen LogP contribution in [0.1, 0.15) is 51.9 Å². The van der Waals surface area contributed by atoms with Crippen molar-refractivity contribution in [3.63, 3.8) is 0 Å². The summed E-state index contributed by atoms with van der Waals surface area (Å²) in [5, 5.41) is 4.12. The van der Waals surface area contributed by atoms with Crippen molar-refractivity contribution in [3.8, 4) is 0 Å². The molecule has 6 nitrogen and oxygen atoms in total. The Morgan fingerprint density at radius 1 is 1.09 bits per heavy atom. The number of rotatable bonds is 9. The zero-order chi connectivity index (χ0) is 22.9. The molecule has 0 radical (unpaired) electrons. The zero-order valence-corrected chi connectivity index (χ0v) is 20.6. The average molecular weight is 468 g/mol. The van der Waals surface area contributed by atoms with E-state index in [2.05, 4.69) is 44.1 Å². The fourth-order valence-corrected chi connectivity index (χ4v) is 5.95. The third kappa shape index (κ3) is 6.70. The lowest BCUT2D eigenvalue weighted by Gasteiger charge is -2.35. The highest BCUT2D eigenvalue weighted by Crippen LogP contribution is 2.33. The zero-order valence-electron chi connectivity index (χ0n) is 19.8. The Bertz CT molecular complexity index is 880. The lowest BCUT2D eigenvalue weighted by Crippen LogP contribution is -2.44. The van der Waals surface area contributed by atoms with Gasteiger partial charge in [0.1, 0.15) is 5.03 Å². The highest BCUT2D eigenvalue weighted by molar-refractivity contribution is 7.99. The minimum atomic E-state index is 0.00806. The smallest absolute Gasteiger partial charge is 0.224 e. The van der Waals surface area contributed by atoms with Crippen LogP contribution in [-0.2, 0) is 4.79 Å². The van der Waals surface area contributed by atoms with Gasteiger partial charge in [0.15, 0.2) is 5.82 Å². The second-order valence-corrected chi connectivity index (χ2v) is 10.2. The third-order valence-electron chi connectivity index (χ3n) is 6.84. The molecule has 0 saturated carbocycles. The number of carbonyl (C=O) groups excluding carboxylic acids is 1. The van der Waals surface area contributed by atoms with Crippen molar-refractivity contribution in [2.45, 2.75) is 67.8 Å². The molecular formula is C26H37N5OS. The van der Waals surface area contributed by atoms with Gasteiger partial charge < -0.3 is 15.1 Å². The van der Waals surface area contributed by atoms with Crippen molar-refractivity contribution in [1.82, 2.24) is 20.2 Å². The Labute approximate surface area is 202 Å². The van der Waals surface area contributed by atoms with E-state index in [-0.39, 0.29) is 11.8 Å². The number of benzene rings is 1. The molecule has 2 aliphatic rings. The summed E-state index contributed by atoms with van der Waals surface area (Å²) in [6.07, 6.45) is 11.7. The van der Waals surface area contributed by atoms with Crippen LogP contribution in [-0.4, -0.2) is 59.5 Å². The van der Waals surface area contributed by atoms with Crippen LogP contribution in [0, 0.1) is 5.92 Å². The first-order valence-corrected chi connectivity index (χ1v) is 13.4. The number of hydrogen-bond acceptors (Lipinski definition) is 6. The third-order valence-corrected chi connectivity index (χ3v) is 7.83. The molecule has 0 bridgehead atoms. The number of nitrogens with zero attached hydrogens (tertiary/aromatic N) is 4. The summed E-state index contributed by atoms with van der Waals surface area (Å²) in [5.41, 5.74) is 0. The number of nitrogens with one attached hydrogen (secondary N) is 1. The molecule has 1 aromatic heterocycles. The van der Waals surface area contributed by atoms with Crippen molar-refractivity contribution in [2.75, 3.05) is 37.6 Å². The molecule has 1 aromatic carbocycles. The van der Waals surface area contributed by atoms with E-state index in [0.29, 0.717) is 6.54 Å². The first-order chi connectivity index (χ1) is 16.2. The van der Waals surface area contributed by atoms with E-state index in [1.807, 2.05) is 18.2 Å². The Hall–Kier alpha value is -2.12. The first-order valence-electron chi connectivity index (χ1n) is 12.5. The molecule has 7 heteroatoms. The molecule has 2 unspecified atom stereocenters. The second-order valence-electron chi connectivity index (χ2n) is 9.12. The number of aromatic nitrogens is 2. The van der Waals surface area contributed by atoms with Crippen LogP contribution in [0.3, 0.4) is 0 Å². The molecule has 4 rings (SSSR count). The quantitative estimate of drug-likeness (QED) is 0.543. The largest absolute Gasteiger partial charge is 0.356 e. The number of anilines is 1. The predicted octanol–water partition coefficient (Wildman–Crippen LogP) is 4.62. The van der Waals surface area contributed by atoms with Gasteiger partial charge in [0.25, 0.3) is 0 Å². The number of amides is 1.